The summed E-state index contributed by atoms with van der Waals surface area (Å²) in [6, 6.07) is 4.25. The molecule has 0 spiro atoms. The molecule has 2 saturated heterocycles. The second-order valence-electron chi connectivity index (χ2n) is 8.17. The van der Waals surface area contributed by atoms with Crippen LogP contribution in [0.5, 0.6) is 0 Å². The molecule has 37 heavy (non-hydrogen) atoms. The number of likely N-dealkylation sites (N-methyl/N-ethyl adjacent to an activating group) is 1. The third-order valence-corrected chi connectivity index (χ3v) is 7.27. The highest BCUT2D eigenvalue weighted by molar-refractivity contribution is 7.80. The minimum Gasteiger partial charge on any atom is -0.474 e. The number of benzene rings is 1. The smallest absolute Gasteiger partial charge is 0.435 e. The van der Waals surface area contributed by atoms with E-state index in [0.717, 1.165) is 0 Å². The van der Waals surface area contributed by atoms with Crippen LogP contribution in [-0.2, 0) is 15.7 Å². The van der Waals surface area contributed by atoms with Crippen molar-refractivity contribution in [1.29, 1.82) is 0 Å². The zero-order chi connectivity index (χ0) is 27.1. The van der Waals surface area contributed by atoms with Gasteiger partial charge in [0.1, 0.15) is 10.7 Å². The Bertz CT molecular complexity index is 1220. The van der Waals surface area contributed by atoms with E-state index in [1.54, 1.807) is 18.0 Å². The Morgan fingerprint density at radius 1 is 1.30 bits per heavy atom. The maximum atomic E-state index is 15.1. The summed E-state index contributed by atoms with van der Waals surface area (Å²) in [7, 11) is 3.00. The van der Waals surface area contributed by atoms with Gasteiger partial charge in [-0.15, -0.1) is 0 Å². The van der Waals surface area contributed by atoms with Crippen LogP contribution in [0.4, 0.5) is 38.9 Å². The van der Waals surface area contributed by atoms with E-state index in [-0.39, 0.29) is 54.4 Å². The van der Waals surface area contributed by atoms with Crippen molar-refractivity contribution in [2.45, 2.75) is 12.4 Å². The van der Waals surface area contributed by atoms with Gasteiger partial charge in [0.25, 0.3) is 11.1 Å². The fraction of sp³-hybridized carbons (Fsp3) is 0.429. The fourth-order valence-electron chi connectivity index (χ4n) is 4.01. The number of rotatable bonds is 4. The quantitative estimate of drug-likeness (QED) is 0.445. The molecule has 1 aromatic carbocycles. The van der Waals surface area contributed by atoms with E-state index in [1.165, 1.54) is 33.9 Å². The molecule has 3 heterocycles. The largest absolute Gasteiger partial charge is 0.474 e. The lowest BCUT2D eigenvalue weighted by atomic mass is 10.2. The zero-order valence-electron chi connectivity index (χ0n) is 19.6. The number of hydrogen-bond acceptors (Lipinski definition) is 9. The van der Waals surface area contributed by atoms with Crippen molar-refractivity contribution in [2.24, 2.45) is 0 Å². The highest BCUT2D eigenvalue weighted by Gasteiger charge is 2.41. The lowest BCUT2D eigenvalue weighted by molar-refractivity contribution is -0.141. The number of aromatic nitrogens is 1. The Hall–Kier alpha value is -3.40. The molecule has 1 aromatic heterocycles. The third kappa shape index (κ3) is 5.34. The molecule has 10 nitrogen and oxygen atoms in total. The highest BCUT2D eigenvalue weighted by atomic mass is 32.1. The van der Waals surface area contributed by atoms with Gasteiger partial charge in [-0.1, -0.05) is 11.3 Å². The van der Waals surface area contributed by atoms with E-state index in [9.17, 15) is 22.8 Å². The van der Waals surface area contributed by atoms with Gasteiger partial charge in [-0.2, -0.15) is 13.2 Å². The van der Waals surface area contributed by atoms with Gasteiger partial charge in [0.05, 0.1) is 25.0 Å². The van der Waals surface area contributed by atoms with E-state index in [2.05, 4.69) is 4.98 Å². The second-order valence-corrected chi connectivity index (χ2v) is 9.55. The number of piperazine rings is 1. The Morgan fingerprint density at radius 3 is 2.57 bits per heavy atom. The molecule has 0 saturated carbocycles. The number of halogens is 4. The average molecular weight is 563 g/mol. The van der Waals surface area contributed by atoms with Gasteiger partial charge < -0.3 is 25.0 Å². The van der Waals surface area contributed by atoms with Crippen LogP contribution in [0.25, 0.3) is 0 Å². The topological polar surface area (TPSA) is 104 Å². The van der Waals surface area contributed by atoms with Crippen LogP contribution in [0.3, 0.4) is 0 Å². The first kappa shape index (κ1) is 26.7. The molecule has 0 radical (unpaired) electrons. The number of cyclic esters (lactones) is 1. The summed E-state index contributed by atoms with van der Waals surface area (Å²) in [6.07, 6.45) is -6.18. The summed E-state index contributed by atoms with van der Waals surface area (Å²) in [5.41, 5.74) is 4.61. The standard InChI is InChI=1S/C21H22F4N6O4S2/c1-28(20(36)34-2)14-10-31(19(33)35-14)11-3-4-13(12(22)9-11)29-5-7-30(8-6-29)17(32)15-16(21(23,24)25)27-18(26)37-15/h3-4,9,14H,5-8,10H2,1-2H3,(H2,26,27). The van der Waals surface area contributed by atoms with Crippen LogP contribution < -0.4 is 15.5 Å². The first-order valence-corrected chi connectivity index (χ1v) is 12.1. The number of nitrogens with two attached hydrogens (primary N) is 1. The molecule has 2 N–H and O–H groups in total. The summed E-state index contributed by atoms with van der Waals surface area (Å²) in [5.74, 6) is -1.43. The Balaban J connectivity index is 1.42. The van der Waals surface area contributed by atoms with Crippen molar-refractivity contribution in [2.75, 3.05) is 62.4 Å². The van der Waals surface area contributed by atoms with Crippen LogP contribution in [0.2, 0.25) is 0 Å². The number of thiocarbonyl (C=S) groups is 1. The molecule has 200 valence electrons. The van der Waals surface area contributed by atoms with Crippen molar-refractivity contribution < 1.29 is 36.6 Å². The van der Waals surface area contributed by atoms with E-state index in [4.69, 9.17) is 27.4 Å². The van der Waals surface area contributed by atoms with Crippen molar-refractivity contribution in [3.05, 3.63) is 34.6 Å². The van der Waals surface area contributed by atoms with Crippen molar-refractivity contribution in [1.82, 2.24) is 14.8 Å². The predicted molar refractivity (Wildman–Crippen MR) is 131 cm³/mol. The Morgan fingerprint density at radius 2 is 1.97 bits per heavy atom. The number of alkyl halides is 3. The molecule has 1 atom stereocenters. The minimum absolute atomic E-state index is 0.0704. The average Bonchev–Trinajstić information content (AvgIpc) is 3.45. The molecule has 0 aliphatic carbocycles. The van der Waals surface area contributed by atoms with E-state index in [0.29, 0.717) is 11.3 Å². The first-order valence-electron chi connectivity index (χ1n) is 10.9. The van der Waals surface area contributed by atoms with Gasteiger partial charge in [-0.25, -0.2) is 14.2 Å². The maximum absolute atomic E-state index is 15.1. The molecule has 2 aromatic rings. The lowest BCUT2D eigenvalue weighted by Crippen LogP contribution is -2.49. The molecule has 0 bridgehead atoms. The normalized spacial score (nSPS) is 18.2. The maximum Gasteiger partial charge on any atom is 0.435 e. The molecule has 2 fully saturated rings. The molecule has 16 heteroatoms. The summed E-state index contributed by atoms with van der Waals surface area (Å²) >= 11 is 5.52. The molecule has 4 rings (SSSR count). The number of ether oxygens (including phenoxy) is 2. The molecule has 1 unspecified atom stereocenters. The number of carbonyl (C=O) groups excluding carboxylic acids is 2. The van der Waals surface area contributed by atoms with Crippen LogP contribution in [0.15, 0.2) is 18.2 Å². The number of thiazole rings is 1. The van der Waals surface area contributed by atoms with Gasteiger partial charge >= 0.3 is 12.3 Å². The lowest BCUT2D eigenvalue weighted by Gasteiger charge is -2.36. The van der Waals surface area contributed by atoms with Gasteiger partial charge in [0.15, 0.2) is 17.1 Å². The molecule has 2 aliphatic rings. The Kier molecular flexibility index (Phi) is 7.32. The van der Waals surface area contributed by atoms with Crippen molar-refractivity contribution in [3.63, 3.8) is 0 Å². The number of nitrogens with zero attached hydrogens (tertiary/aromatic N) is 5. The number of hydrogen-bond donors (Lipinski definition) is 1. The summed E-state index contributed by atoms with van der Waals surface area (Å²) in [4.78, 5) is 33.4. The van der Waals surface area contributed by atoms with Gasteiger partial charge in [-0.05, 0) is 30.4 Å². The number of anilines is 3. The van der Waals surface area contributed by atoms with Gasteiger partial charge in [-0.3, -0.25) is 14.6 Å². The van der Waals surface area contributed by atoms with Crippen LogP contribution in [-0.4, -0.2) is 85.1 Å². The summed E-state index contributed by atoms with van der Waals surface area (Å²) < 4.78 is 65.0. The Labute approximate surface area is 218 Å². The zero-order valence-corrected chi connectivity index (χ0v) is 21.3. The fourth-order valence-corrected chi connectivity index (χ4v) is 4.95. The molecular weight excluding hydrogens is 540 g/mol. The van der Waals surface area contributed by atoms with Gasteiger partial charge in [0.2, 0.25) is 0 Å². The monoisotopic (exact) mass is 562 g/mol. The van der Waals surface area contributed by atoms with Crippen molar-refractivity contribution >= 4 is 57.2 Å². The summed E-state index contributed by atoms with van der Waals surface area (Å²) in [6.45, 7) is 0.609. The third-order valence-electron chi connectivity index (χ3n) is 5.95. The minimum atomic E-state index is -4.81. The number of nitrogen functional groups attached to an aromatic ring is 1. The predicted octanol–water partition coefficient (Wildman–Crippen LogP) is 2.99. The van der Waals surface area contributed by atoms with Crippen LogP contribution in [0, 0.1) is 5.82 Å². The van der Waals surface area contributed by atoms with Crippen LogP contribution >= 0.6 is 23.6 Å². The molecular formula is C21H22F4N6O4S2. The van der Waals surface area contributed by atoms with Gasteiger partial charge in [0, 0.05) is 33.2 Å². The first-order chi connectivity index (χ1) is 17.4. The molecule has 2 amide bonds. The van der Waals surface area contributed by atoms with E-state index in [1.807, 2.05) is 0 Å². The van der Waals surface area contributed by atoms with E-state index < -0.39 is 40.8 Å². The number of carbonyl (C=O) groups is 2. The van der Waals surface area contributed by atoms with E-state index >= 15 is 4.39 Å². The van der Waals surface area contributed by atoms with Crippen molar-refractivity contribution in [3.8, 4) is 0 Å². The summed E-state index contributed by atoms with van der Waals surface area (Å²) in [5, 5.41) is -0.218. The number of amides is 2. The SMILES string of the molecule is COC(=S)N(C)C1CN(c2ccc(N3CCN(C(=O)c4sc(N)nc4C(F)(F)F)CC3)c(F)c2)C(=O)O1. The second kappa shape index (κ2) is 10.2. The number of methoxy groups -OCH3 is 1. The highest BCUT2D eigenvalue weighted by Crippen LogP contribution is 2.36. The molecule has 2 aliphatic heterocycles. The van der Waals surface area contributed by atoms with Crippen LogP contribution in [0.1, 0.15) is 15.4 Å².